The van der Waals surface area contributed by atoms with Crippen LogP contribution < -0.4 is 10.1 Å². The van der Waals surface area contributed by atoms with Crippen LogP contribution in [0.15, 0.2) is 24.3 Å². The summed E-state index contributed by atoms with van der Waals surface area (Å²) in [5, 5.41) is 3.21. The number of nitrogens with one attached hydrogen (secondary N) is 1. The lowest BCUT2D eigenvalue weighted by Crippen LogP contribution is -2.51. The molecule has 3 heteroatoms. The van der Waals surface area contributed by atoms with Crippen LogP contribution in [-0.4, -0.2) is 12.5 Å². The third-order valence-corrected chi connectivity index (χ3v) is 6.38. The quantitative estimate of drug-likeness (QED) is 0.745. The van der Waals surface area contributed by atoms with Crippen molar-refractivity contribution in [1.29, 1.82) is 0 Å². The Bertz CT molecular complexity index is 574. The van der Waals surface area contributed by atoms with Gasteiger partial charge < -0.3 is 10.1 Å². The van der Waals surface area contributed by atoms with Crippen molar-refractivity contribution in [3.8, 4) is 5.75 Å². The third kappa shape index (κ3) is 3.05. The van der Waals surface area contributed by atoms with E-state index in [-0.39, 0.29) is 11.3 Å². The normalized spacial score (nSPS) is 33.5. The van der Waals surface area contributed by atoms with Gasteiger partial charge in [-0.2, -0.15) is 0 Å². The van der Waals surface area contributed by atoms with Gasteiger partial charge in [0, 0.05) is 11.8 Å². The zero-order chi connectivity index (χ0) is 16.6. The molecule has 0 aromatic heterocycles. The van der Waals surface area contributed by atoms with E-state index in [1.165, 1.54) is 19.3 Å². The zero-order valence-corrected chi connectivity index (χ0v) is 14.7. The van der Waals surface area contributed by atoms with Crippen molar-refractivity contribution in [2.75, 3.05) is 11.9 Å². The molecule has 130 valence electrons. The highest BCUT2D eigenvalue weighted by atomic mass is 16.5. The molecule has 4 aliphatic carbocycles. The van der Waals surface area contributed by atoms with Crippen LogP contribution in [0.3, 0.4) is 0 Å². The van der Waals surface area contributed by atoms with Gasteiger partial charge in [-0.3, -0.25) is 4.79 Å². The summed E-state index contributed by atoms with van der Waals surface area (Å²) in [5.74, 6) is 3.50. The molecule has 3 nitrogen and oxygen atoms in total. The lowest BCUT2D eigenvalue weighted by molar-refractivity contribution is -0.140. The van der Waals surface area contributed by atoms with Crippen LogP contribution in [0.25, 0.3) is 0 Å². The third-order valence-electron chi connectivity index (χ3n) is 6.38. The molecule has 0 radical (unpaired) electrons. The molecule has 1 amide bonds. The first-order chi connectivity index (χ1) is 11.7. The van der Waals surface area contributed by atoms with E-state index in [2.05, 4.69) is 12.2 Å². The second-order valence-electron chi connectivity index (χ2n) is 8.38. The topological polar surface area (TPSA) is 38.3 Å². The van der Waals surface area contributed by atoms with Gasteiger partial charge in [-0.25, -0.2) is 0 Å². The van der Waals surface area contributed by atoms with Gasteiger partial charge in [0.1, 0.15) is 5.75 Å². The second kappa shape index (κ2) is 6.42. The Morgan fingerprint density at radius 3 is 2.46 bits per heavy atom. The lowest BCUT2D eigenvalue weighted by Gasteiger charge is -2.55. The summed E-state index contributed by atoms with van der Waals surface area (Å²) in [6.45, 7) is 2.90. The molecule has 24 heavy (non-hydrogen) atoms. The maximum atomic E-state index is 13.1. The molecular formula is C21H29NO2. The fraction of sp³-hybridized carbons (Fsp3) is 0.667. The number of carbonyl (C=O) groups excluding carboxylic acids is 1. The molecule has 0 unspecified atom stereocenters. The Balaban J connectivity index is 1.43. The molecule has 5 rings (SSSR count). The maximum absolute atomic E-state index is 13.1. The number of carbonyl (C=O) groups is 1. The summed E-state index contributed by atoms with van der Waals surface area (Å²) in [7, 11) is 0. The van der Waals surface area contributed by atoms with Gasteiger partial charge in [-0.15, -0.1) is 0 Å². The Morgan fingerprint density at radius 1 is 1.17 bits per heavy atom. The van der Waals surface area contributed by atoms with Gasteiger partial charge in [0.05, 0.1) is 12.0 Å². The number of hydrogen-bond donors (Lipinski definition) is 1. The highest BCUT2D eigenvalue weighted by Crippen LogP contribution is 2.60. The maximum Gasteiger partial charge on any atom is 0.230 e. The van der Waals surface area contributed by atoms with E-state index in [0.717, 1.165) is 67.9 Å². The molecule has 4 fully saturated rings. The minimum absolute atomic E-state index is 0.0895. The van der Waals surface area contributed by atoms with Crippen molar-refractivity contribution in [1.82, 2.24) is 0 Å². The van der Waals surface area contributed by atoms with Crippen LogP contribution in [-0.2, 0) is 4.79 Å². The van der Waals surface area contributed by atoms with Crippen molar-refractivity contribution in [2.24, 2.45) is 23.2 Å². The number of hydrogen-bond acceptors (Lipinski definition) is 2. The van der Waals surface area contributed by atoms with Gasteiger partial charge in [0.25, 0.3) is 0 Å². The van der Waals surface area contributed by atoms with E-state index in [1.54, 1.807) is 0 Å². The van der Waals surface area contributed by atoms with Crippen LogP contribution in [0.5, 0.6) is 5.75 Å². The summed E-state index contributed by atoms with van der Waals surface area (Å²) in [4.78, 5) is 13.1. The standard InChI is InChI=1S/C21H29NO2/c1-2-3-7-24-19-6-4-5-18(11-19)22-20(23)21-12-15-8-16(13-21)10-17(9-15)14-21/h4-6,11,15-17H,2-3,7-10,12-14H2,1H3,(H,22,23). The first kappa shape index (κ1) is 16.0. The minimum atomic E-state index is -0.0895. The van der Waals surface area contributed by atoms with Crippen LogP contribution in [0.1, 0.15) is 58.3 Å². The monoisotopic (exact) mass is 327 g/mol. The molecule has 0 saturated heterocycles. The number of ether oxygens (including phenoxy) is 1. The zero-order valence-electron chi connectivity index (χ0n) is 14.7. The summed E-state index contributed by atoms with van der Waals surface area (Å²) < 4.78 is 5.77. The summed E-state index contributed by atoms with van der Waals surface area (Å²) in [6.07, 6.45) is 9.62. The van der Waals surface area contributed by atoms with Gasteiger partial charge in [0.15, 0.2) is 0 Å². The molecule has 1 aromatic carbocycles. The Hall–Kier alpha value is -1.51. The van der Waals surface area contributed by atoms with Crippen molar-refractivity contribution in [3.05, 3.63) is 24.3 Å². The Labute approximate surface area is 145 Å². The fourth-order valence-corrected chi connectivity index (χ4v) is 5.65. The van der Waals surface area contributed by atoms with Crippen LogP contribution in [0.2, 0.25) is 0 Å². The molecule has 4 aliphatic rings. The number of anilines is 1. The van der Waals surface area contributed by atoms with Crippen molar-refractivity contribution in [2.45, 2.75) is 58.3 Å². The number of amides is 1. The van der Waals surface area contributed by atoms with E-state index in [4.69, 9.17) is 4.74 Å². The predicted molar refractivity (Wildman–Crippen MR) is 96.1 cm³/mol. The average Bonchev–Trinajstić information content (AvgIpc) is 2.54. The van der Waals surface area contributed by atoms with E-state index >= 15 is 0 Å². The van der Waals surface area contributed by atoms with Crippen molar-refractivity contribution >= 4 is 11.6 Å². The molecule has 0 atom stereocenters. The molecule has 0 aliphatic heterocycles. The fourth-order valence-electron chi connectivity index (χ4n) is 5.65. The predicted octanol–water partition coefficient (Wildman–Crippen LogP) is 5.02. The van der Waals surface area contributed by atoms with E-state index in [1.807, 2.05) is 24.3 Å². The Kier molecular flexibility index (Phi) is 4.28. The largest absolute Gasteiger partial charge is 0.494 e. The summed E-state index contributed by atoms with van der Waals surface area (Å²) >= 11 is 0. The summed E-state index contributed by atoms with van der Waals surface area (Å²) in [5.41, 5.74) is 0.790. The molecule has 0 heterocycles. The highest BCUT2D eigenvalue weighted by Gasteiger charge is 2.54. The van der Waals surface area contributed by atoms with E-state index in [0.29, 0.717) is 0 Å². The van der Waals surface area contributed by atoms with Gasteiger partial charge in [0.2, 0.25) is 5.91 Å². The van der Waals surface area contributed by atoms with Crippen LogP contribution in [0, 0.1) is 23.2 Å². The molecule has 4 saturated carbocycles. The molecule has 4 bridgehead atoms. The summed E-state index contributed by atoms with van der Waals surface area (Å²) in [6, 6.07) is 7.88. The van der Waals surface area contributed by atoms with Crippen LogP contribution >= 0.6 is 0 Å². The number of benzene rings is 1. The number of unbranched alkanes of at least 4 members (excludes halogenated alkanes) is 1. The average molecular weight is 327 g/mol. The number of rotatable bonds is 6. The highest BCUT2D eigenvalue weighted by molar-refractivity contribution is 5.95. The van der Waals surface area contributed by atoms with Gasteiger partial charge >= 0.3 is 0 Å². The van der Waals surface area contributed by atoms with Gasteiger partial charge in [-0.05, 0) is 74.8 Å². The smallest absolute Gasteiger partial charge is 0.230 e. The van der Waals surface area contributed by atoms with Crippen molar-refractivity contribution in [3.63, 3.8) is 0 Å². The SMILES string of the molecule is CCCCOc1cccc(NC(=O)C23CC4CC(CC(C4)C2)C3)c1. The minimum Gasteiger partial charge on any atom is -0.494 e. The van der Waals surface area contributed by atoms with Crippen LogP contribution in [0.4, 0.5) is 5.69 Å². The second-order valence-corrected chi connectivity index (χ2v) is 8.38. The first-order valence-electron chi connectivity index (χ1n) is 9.71. The van der Waals surface area contributed by atoms with E-state index < -0.39 is 0 Å². The van der Waals surface area contributed by atoms with E-state index in [9.17, 15) is 4.79 Å². The molecule has 1 N–H and O–H groups in total. The van der Waals surface area contributed by atoms with Gasteiger partial charge in [-0.1, -0.05) is 19.4 Å². The molecular weight excluding hydrogens is 298 g/mol. The first-order valence-corrected chi connectivity index (χ1v) is 9.71. The lowest BCUT2D eigenvalue weighted by atomic mass is 9.49. The Morgan fingerprint density at radius 2 is 1.83 bits per heavy atom. The molecule has 0 spiro atoms. The molecule has 1 aromatic rings. The van der Waals surface area contributed by atoms with Crippen molar-refractivity contribution < 1.29 is 9.53 Å².